The van der Waals surface area contributed by atoms with Gasteiger partial charge in [0.2, 0.25) is 0 Å². The molecule has 3 heteroatoms. The zero-order valence-corrected chi connectivity index (χ0v) is 10.5. The molecule has 0 saturated carbocycles. The maximum Gasteiger partial charge on any atom is 0.0452 e. The first-order valence-electron chi connectivity index (χ1n) is 5.33. The van der Waals surface area contributed by atoms with Gasteiger partial charge in [-0.05, 0) is 43.4 Å². The standard InChI is InChI=1S/C12H17Cl2N/c1-2-11(15)5-3-4-9-6-7-10(13)8-12(9)14/h6-8,11H,2-5,15H2,1H3. The average molecular weight is 246 g/mol. The van der Waals surface area contributed by atoms with Crippen molar-refractivity contribution < 1.29 is 0 Å². The Kier molecular flexibility index (Phi) is 5.44. The molecule has 1 aromatic rings. The average Bonchev–Trinajstić information content (AvgIpc) is 2.21. The Bertz CT molecular complexity index is 312. The molecule has 0 saturated heterocycles. The largest absolute Gasteiger partial charge is 0.328 e. The Morgan fingerprint density at radius 3 is 2.67 bits per heavy atom. The van der Waals surface area contributed by atoms with Crippen molar-refractivity contribution in [2.75, 3.05) is 0 Å². The van der Waals surface area contributed by atoms with E-state index in [-0.39, 0.29) is 0 Å². The van der Waals surface area contributed by atoms with Crippen LogP contribution < -0.4 is 5.73 Å². The van der Waals surface area contributed by atoms with Crippen LogP contribution >= 0.6 is 23.2 Å². The Hall–Kier alpha value is -0.240. The number of benzene rings is 1. The number of nitrogens with two attached hydrogens (primary N) is 1. The summed E-state index contributed by atoms with van der Waals surface area (Å²) in [7, 11) is 0. The highest BCUT2D eigenvalue weighted by Crippen LogP contribution is 2.22. The van der Waals surface area contributed by atoms with Gasteiger partial charge in [-0.1, -0.05) is 36.2 Å². The van der Waals surface area contributed by atoms with E-state index in [1.165, 1.54) is 0 Å². The van der Waals surface area contributed by atoms with Gasteiger partial charge in [-0.3, -0.25) is 0 Å². The molecule has 15 heavy (non-hydrogen) atoms. The Morgan fingerprint density at radius 1 is 1.33 bits per heavy atom. The van der Waals surface area contributed by atoms with Crippen LogP contribution in [0.5, 0.6) is 0 Å². The van der Waals surface area contributed by atoms with Crippen LogP contribution in [0.25, 0.3) is 0 Å². The van der Waals surface area contributed by atoms with Crippen LogP contribution in [0.4, 0.5) is 0 Å². The lowest BCUT2D eigenvalue weighted by atomic mass is 10.0. The van der Waals surface area contributed by atoms with E-state index in [0.29, 0.717) is 11.1 Å². The van der Waals surface area contributed by atoms with Crippen molar-refractivity contribution in [1.82, 2.24) is 0 Å². The molecular formula is C12H17Cl2N. The number of hydrogen-bond donors (Lipinski definition) is 1. The molecule has 0 radical (unpaired) electrons. The summed E-state index contributed by atoms with van der Waals surface area (Å²) in [4.78, 5) is 0. The predicted molar refractivity (Wildman–Crippen MR) is 67.7 cm³/mol. The van der Waals surface area contributed by atoms with Gasteiger partial charge in [0, 0.05) is 16.1 Å². The van der Waals surface area contributed by atoms with E-state index in [0.717, 1.165) is 36.3 Å². The second-order valence-corrected chi connectivity index (χ2v) is 4.64. The van der Waals surface area contributed by atoms with Gasteiger partial charge >= 0.3 is 0 Å². The van der Waals surface area contributed by atoms with E-state index in [9.17, 15) is 0 Å². The minimum absolute atomic E-state index is 0.316. The molecule has 0 aliphatic heterocycles. The molecule has 84 valence electrons. The maximum absolute atomic E-state index is 6.06. The highest BCUT2D eigenvalue weighted by molar-refractivity contribution is 6.35. The quantitative estimate of drug-likeness (QED) is 0.833. The van der Waals surface area contributed by atoms with Crippen LogP contribution in [0.15, 0.2) is 18.2 Å². The van der Waals surface area contributed by atoms with E-state index >= 15 is 0 Å². The predicted octanol–water partition coefficient (Wildman–Crippen LogP) is 4.05. The summed E-state index contributed by atoms with van der Waals surface area (Å²) in [6, 6.07) is 5.97. The van der Waals surface area contributed by atoms with E-state index < -0.39 is 0 Å². The first kappa shape index (κ1) is 12.8. The van der Waals surface area contributed by atoms with Crippen molar-refractivity contribution in [2.24, 2.45) is 5.73 Å². The lowest BCUT2D eigenvalue weighted by molar-refractivity contribution is 0.568. The summed E-state index contributed by atoms with van der Waals surface area (Å²) in [5.74, 6) is 0. The van der Waals surface area contributed by atoms with E-state index in [2.05, 4.69) is 6.92 Å². The summed E-state index contributed by atoms with van der Waals surface area (Å²) in [5.41, 5.74) is 7.00. The number of rotatable bonds is 5. The molecule has 2 N–H and O–H groups in total. The Morgan fingerprint density at radius 2 is 2.07 bits per heavy atom. The van der Waals surface area contributed by atoms with Gasteiger partial charge in [0.1, 0.15) is 0 Å². The molecule has 1 rings (SSSR count). The fourth-order valence-electron chi connectivity index (χ4n) is 1.48. The second-order valence-electron chi connectivity index (χ2n) is 3.80. The molecule has 0 bridgehead atoms. The third kappa shape index (κ3) is 4.42. The summed E-state index contributed by atoms with van der Waals surface area (Å²) < 4.78 is 0. The summed E-state index contributed by atoms with van der Waals surface area (Å²) in [6.45, 7) is 2.11. The van der Waals surface area contributed by atoms with Gasteiger partial charge in [0.05, 0.1) is 0 Å². The molecule has 0 amide bonds. The SMILES string of the molecule is CCC(N)CCCc1ccc(Cl)cc1Cl. The van der Waals surface area contributed by atoms with E-state index in [1.54, 1.807) is 6.07 Å². The van der Waals surface area contributed by atoms with Crippen molar-refractivity contribution in [3.8, 4) is 0 Å². The van der Waals surface area contributed by atoms with Gasteiger partial charge < -0.3 is 5.73 Å². The van der Waals surface area contributed by atoms with E-state index in [4.69, 9.17) is 28.9 Å². The van der Waals surface area contributed by atoms with Gasteiger partial charge in [-0.2, -0.15) is 0 Å². The Labute approximate surface area is 102 Å². The molecular weight excluding hydrogens is 229 g/mol. The van der Waals surface area contributed by atoms with Gasteiger partial charge in [0.15, 0.2) is 0 Å². The highest BCUT2D eigenvalue weighted by atomic mass is 35.5. The third-order valence-corrected chi connectivity index (χ3v) is 3.15. The highest BCUT2D eigenvalue weighted by Gasteiger charge is 2.03. The number of halogens is 2. The summed E-state index contributed by atoms with van der Waals surface area (Å²) >= 11 is 11.9. The lowest BCUT2D eigenvalue weighted by Gasteiger charge is -2.09. The van der Waals surface area contributed by atoms with Gasteiger partial charge in [-0.15, -0.1) is 0 Å². The minimum Gasteiger partial charge on any atom is -0.328 e. The third-order valence-electron chi connectivity index (χ3n) is 2.56. The molecule has 0 heterocycles. The van der Waals surface area contributed by atoms with Crippen LogP contribution in [0, 0.1) is 0 Å². The molecule has 0 spiro atoms. The molecule has 1 atom stereocenters. The monoisotopic (exact) mass is 245 g/mol. The molecule has 0 aromatic heterocycles. The second kappa shape index (κ2) is 6.37. The van der Waals surface area contributed by atoms with Crippen LogP contribution in [-0.4, -0.2) is 6.04 Å². The Balaban J connectivity index is 2.44. The topological polar surface area (TPSA) is 26.0 Å². The summed E-state index contributed by atoms with van der Waals surface area (Å²) in [6.07, 6.45) is 4.14. The smallest absolute Gasteiger partial charge is 0.0452 e. The molecule has 1 aromatic carbocycles. The normalized spacial score (nSPS) is 12.8. The van der Waals surface area contributed by atoms with Crippen molar-refractivity contribution in [3.05, 3.63) is 33.8 Å². The van der Waals surface area contributed by atoms with Crippen molar-refractivity contribution in [2.45, 2.75) is 38.6 Å². The summed E-state index contributed by atoms with van der Waals surface area (Å²) in [5, 5.41) is 1.45. The van der Waals surface area contributed by atoms with Gasteiger partial charge in [-0.25, -0.2) is 0 Å². The zero-order chi connectivity index (χ0) is 11.3. The molecule has 1 nitrogen and oxygen atoms in total. The fourth-order valence-corrected chi connectivity index (χ4v) is 1.99. The molecule has 0 aliphatic carbocycles. The maximum atomic E-state index is 6.06. The van der Waals surface area contributed by atoms with Gasteiger partial charge in [0.25, 0.3) is 0 Å². The van der Waals surface area contributed by atoms with Crippen LogP contribution in [0.2, 0.25) is 10.0 Å². The fraction of sp³-hybridized carbons (Fsp3) is 0.500. The zero-order valence-electron chi connectivity index (χ0n) is 8.97. The number of aryl methyl sites for hydroxylation is 1. The van der Waals surface area contributed by atoms with E-state index in [1.807, 2.05) is 12.1 Å². The minimum atomic E-state index is 0.316. The molecule has 0 fully saturated rings. The molecule has 0 aliphatic rings. The molecule has 1 unspecified atom stereocenters. The van der Waals surface area contributed by atoms with Crippen molar-refractivity contribution in [3.63, 3.8) is 0 Å². The van der Waals surface area contributed by atoms with Crippen LogP contribution in [0.1, 0.15) is 31.7 Å². The van der Waals surface area contributed by atoms with Crippen molar-refractivity contribution >= 4 is 23.2 Å². The first-order valence-corrected chi connectivity index (χ1v) is 6.08. The first-order chi connectivity index (χ1) is 7.13. The van der Waals surface area contributed by atoms with Crippen LogP contribution in [0.3, 0.4) is 0 Å². The van der Waals surface area contributed by atoms with Crippen LogP contribution in [-0.2, 0) is 6.42 Å². The lowest BCUT2D eigenvalue weighted by Crippen LogP contribution is -2.18. The number of hydrogen-bond acceptors (Lipinski definition) is 1. The van der Waals surface area contributed by atoms with Crippen molar-refractivity contribution in [1.29, 1.82) is 0 Å².